The summed E-state index contributed by atoms with van der Waals surface area (Å²) in [6, 6.07) is 27.6. The lowest BCUT2D eigenvalue weighted by molar-refractivity contribution is -0.146. The molecule has 5 unspecified atom stereocenters. The summed E-state index contributed by atoms with van der Waals surface area (Å²) in [7, 11) is -1.90. The molecule has 6 rings (SSSR count). The number of nitriles is 1. The van der Waals surface area contributed by atoms with Crippen LogP contribution in [0.15, 0.2) is 103 Å². The third-order valence-corrected chi connectivity index (χ3v) is 9.23. The maximum absolute atomic E-state index is 13.3. The van der Waals surface area contributed by atoms with Crippen molar-refractivity contribution >= 4 is 31.7 Å². The molecule has 3 aromatic carbocycles. The minimum Gasteiger partial charge on any atom is -0.460 e. The first-order chi connectivity index (χ1) is 25.2. The van der Waals surface area contributed by atoms with Gasteiger partial charge in [0.25, 0.3) is 0 Å². The number of hydrogen-bond donors (Lipinski definition) is 3. The second-order valence-corrected chi connectivity index (χ2v) is 12.9. The highest BCUT2D eigenvalue weighted by Gasteiger charge is 2.47. The van der Waals surface area contributed by atoms with Crippen LogP contribution in [0.1, 0.15) is 23.7 Å². The molecule has 1 fully saturated rings. The van der Waals surface area contributed by atoms with Crippen molar-refractivity contribution in [2.45, 2.75) is 43.9 Å². The Bertz CT molecular complexity index is 2020. The fourth-order valence-corrected chi connectivity index (χ4v) is 6.40. The molecule has 268 valence electrons. The van der Waals surface area contributed by atoms with Crippen LogP contribution in [0.4, 0.5) is 10.2 Å². The SMILES string of the molecule is CC(NP(OCC1COC(C#N)(c2ccc3c(NC(=O)C(N)Cc4ccc(F)cc4)ncnn23)O1)Oc1ccccc1)C(=O)OCc1ccccc1. The maximum Gasteiger partial charge on any atom is 0.323 e. The summed E-state index contributed by atoms with van der Waals surface area (Å²) in [4.78, 5) is 30.0. The number of amides is 1. The van der Waals surface area contributed by atoms with Gasteiger partial charge in [0.2, 0.25) is 5.91 Å². The number of fused-ring (bicyclic) bond motifs is 1. The van der Waals surface area contributed by atoms with Gasteiger partial charge in [0.05, 0.1) is 19.3 Å². The van der Waals surface area contributed by atoms with E-state index < -0.39 is 44.4 Å². The smallest absolute Gasteiger partial charge is 0.323 e. The molecular weight excluding hydrogens is 692 g/mol. The lowest BCUT2D eigenvalue weighted by Crippen LogP contribution is -2.37. The molecule has 5 atom stereocenters. The summed E-state index contributed by atoms with van der Waals surface area (Å²) in [6.45, 7) is 1.68. The van der Waals surface area contributed by atoms with Crippen LogP contribution in [0.2, 0.25) is 0 Å². The second-order valence-electron chi connectivity index (χ2n) is 11.7. The van der Waals surface area contributed by atoms with E-state index >= 15 is 0 Å². The summed E-state index contributed by atoms with van der Waals surface area (Å²) < 4.78 is 44.3. The Balaban J connectivity index is 1.10. The monoisotopic (exact) mass is 727 g/mol. The van der Waals surface area contributed by atoms with Crippen LogP contribution >= 0.6 is 8.53 Å². The number of carbonyl (C=O) groups is 2. The number of carbonyl (C=O) groups excluding carboxylic acids is 2. The number of aromatic nitrogens is 3. The fourth-order valence-electron chi connectivity index (χ4n) is 5.18. The molecule has 1 saturated heterocycles. The van der Waals surface area contributed by atoms with Gasteiger partial charge in [-0.2, -0.15) is 10.4 Å². The van der Waals surface area contributed by atoms with Crippen LogP contribution < -0.4 is 20.7 Å². The van der Waals surface area contributed by atoms with Gasteiger partial charge in [-0.05, 0) is 60.9 Å². The Morgan fingerprint density at radius 1 is 1.08 bits per heavy atom. The average Bonchev–Trinajstić information content (AvgIpc) is 3.80. The van der Waals surface area contributed by atoms with Gasteiger partial charge in [-0.3, -0.25) is 9.59 Å². The van der Waals surface area contributed by atoms with Gasteiger partial charge in [0, 0.05) is 0 Å². The molecule has 2 aromatic heterocycles. The summed E-state index contributed by atoms with van der Waals surface area (Å²) in [5.41, 5.74) is 8.26. The first kappa shape index (κ1) is 36.5. The van der Waals surface area contributed by atoms with Gasteiger partial charge in [0.1, 0.15) is 53.9 Å². The van der Waals surface area contributed by atoms with Crippen molar-refractivity contribution in [2.24, 2.45) is 5.73 Å². The molecular formula is C36H35FN7O7P. The molecule has 0 bridgehead atoms. The fraction of sp³-hybridized carbons (Fsp3) is 0.250. The first-order valence-corrected chi connectivity index (χ1v) is 17.4. The number of esters is 1. The minimum absolute atomic E-state index is 0.0170. The third kappa shape index (κ3) is 8.93. The largest absolute Gasteiger partial charge is 0.460 e. The van der Waals surface area contributed by atoms with Crippen molar-refractivity contribution in [1.29, 1.82) is 5.26 Å². The maximum atomic E-state index is 13.3. The first-order valence-electron chi connectivity index (χ1n) is 16.2. The highest BCUT2D eigenvalue weighted by atomic mass is 31.2. The normalized spacial score (nSPS) is 18.6. The second kappa shape index (κ2) is 16.8. The van der Waals surface area contributed by atoms with E-state index in [2.05, 4.69) is 26.6 Å². The number of nitrogens with zero attached hydrogens (tertiary/aromatic N) is 4. The highest BCUT2D eigenvalue weighted by Crippen LogP contribution is 2.39. The molecule has 4 N–H and O–H groups in total. The molecule has 3 heterocycles. The molecule has 52 heavy (non-hydrogen) atoms. The van der Waals surface area contributed by atoms with Crippen LogP contribution in [0.25, 0.3) is 5.52 Å². The van der Waals surface area contributed by atoms with E-state index in [4.69, 9.17) is 29.0 Å². The standard InChI is InChI=1S/C36H35FN7O7P/c1-24(35(46)47-19-26-8-4-2-5-9-26)43-52(51-28-10-6-3-7-11-28)49-21-29-20-48-36(22-38,50-29)32-17-16-31-33(40-23-41-44(31)32)42-34(45)30(39)18-25-12-14-27(37)15-13-25/h2-17,23-24,29-30,43H,18-21,39H2,1H3,(H,40,41,42,45). The van der Waals surface area contributed by atoms with Crippen molar-refractivity contribution in [3.8, 4) is 11.8 Å². The van der Waals surface area contributed by atoms with Crippen LogP contribution in [0.5, 0.6) is 5.75 Å². The van der Waals surface area contributed by atoms with Crippen molar-refractivity contribution in [1.82, 2.24) is 19.7 Å². The summed E-state index contributed by atoms with van der Waals surface area (Å²) >= 11 is 0. The van der Waals surface area contributed by atoms with Gasteiger partial charge in [0.15, 0.2) is 5.82 Å². The number of nitrogens with one attached hydrogen (secondary N) is 2. The average molecular weight is 728 g/mol. The predicted octanol–water partition coefficient (Wildman–Crippen LogP) is 4.51. The van der Waals surface area contributed by atoms with Crippen molar-refractivity contribution in [3.63, 3.8) is 0 Å². The lowest BCUT2D eigenvalue weighted by atomic mass is 10.1. The minimum atomic E-state index is -1.90. The molecule has 16 heteroatoms. The molecule has 0 aliphatic carbocycles. The zero-order chi connectivity index (χ0) is 36.5. The summed E-state index contributed by atoms with van der Waals surface area (Å²) in [6.07, 6.45) is 0.667. The van der Waals surface area contributed by atoms with Crippen molar-refractivity contribution in [2.75, 3.05) is 18.5 Å². The van der Waals surface area contributed by atoms with Gasteiger partial charge in [-0.25, -0.2) is 19.0 Å². The van der Waals surface area contributed by atoms with E-state index in [0.717, 1.165) is 5.56 Å². The zero-order valence-corrected chi connectivity index (χ0v) is 28.8. The van der Waals surface area contributed by atoms with Crippen LogP contribution in [-0.4, -0.2) is 57.9 Å². The number of nitrogens with two attached hydrogens (primary N) is 1. The number of rotatable bonds is 15. The Kier molecular flexibility index (Phi) is 11.8. The van der Waals surface area contributed by atoms with Crippen molar-refractivity contribution in [3.05, 3.63) is 126 Å². The summed E-state index contributed by atoms with van der Waals surface area (Å²) in [5, 5.41) is 20.3. The molecule has 1 aliphatic rings. The lowest BCUT2D eigenvalue weighted by Gasteiger charge is -2.23. The summed E-state index contributed by atoms with van der Waals surface area (Å²) in [5.74, 6) is -2.61. The topological polar surface area (TPSA) is 184 Å². The van der Waals surface area contributed by atoms with Gasteiger partial charge < -0.3 is 34.3 Å². The molecule has 1 aliphatic heterocycles. The Labute approximate surface area is 299 Å². The molecule has 1 amide bonds. The number of anilines is 1. The van der Waals surface area contributed by atoms with E-state index in [-0.39, 0.29) is 43.6 Å². The quantitative estimate of drug-likeness (QED) is 0.101. The highest BCUT2D eigenvalue weighted by molar-refractivity contribution is 7.45. The molecule has 0 saturated carbocycles. The number of hydrogen-bond acceptors (Lipinski definition) is 12. The molecule has 0 spiro atoms. The predicted molar refractivity (Wildman–Crippen MR) is 187 cm³/mol. The van der Waals surface area contributed by atoms with E-state index in [1.54, 1.807) is 55.5 Å². The Morgan fingerprint density at radius 3 is 2.54 bits per heavy atom. The zero-order valence-electron chi connectivity index (χ0n) is 27.9. The van der Waals surface area contributed by atoms with Gasteiger partial charge in [-0.15, -0.1) is 0 Å². The Morgan fingerprint density at radius 2 is 1.81 bits per heavy atom. The van der Waals surface area contributed by atoms with Crippen LogP contribution in [0.3, 0.4) is 0 Å². The van der Waals surface area contributed by atoms with E-state index in [1.165, 1.54) is 23.0 Å². The molecule has 0 radical (unpaired) electrons. The number of para-hydroxylation sites is 1. The number of benzene rings is 3. The van der Waals surface area contributed by atoms with E-state index in [9.17, 15) is 19.2 Å². The number of ether oxygens (including phenoxy) is 3. The van der Waals surface area contributed by atoms with Crippen LogP contribution in [0, 0.1) is 17.1 Å². The van der Waals surface area contributed by atoms with E-state index in [1.807, 2.05) is 36.4 Å². The molecule has 14 nitrogen and oxygen atoms in total. The Hall–Kier alpha value is -5.33. The third-order valence-electron chi connectivity index (χ3n) is 7.87. The van der Waals surface area contributed by atoms with Gasteiger partial charge >= 0.3 is 20.3 Å². The van der Waals surface area contributed by atoms with Gasteiger partial charge in [-0.1, -0.05) is 60.7 Å². The molecule has 5 aromatic rings. The van der Waals surface area contributed by atoms with E-state index in [0.29, 0.717) is 16.8 Å². The number of halogens is 1. The van der Waals surface area contributed by atoms with Crippen LogP contribution in [-0.2, 0) is 47.1 Å². The van der Waals surface area contributed by atoms with Crippen molar-refractivity contribution < 1.29 is 37.2 Å².